The van der Waals surface area contributed by atoms with E-state index < -0.39 is 12.1 Å². The van der Waals surface area contributed by atoms with Crippen molar-refractivity contribution in [3.05, 3.63) is 30.2 Å². The van der Waals surface area contributed by atoms with Gasteiger partial charge in [0.2, 0.25) is 5.91 Å². The van der Waals surface area contributed by atoms with E-state index in [0.29, 0.717) is 11.5 Å². The molecule has 0 unspecified atom stereocenters. The Morgan fingerprint density at radius 2 is 2.09 bits per heavy atom. The molecule has 2 aromatic rings. The minimum Gasteiger partial charge on any atom is -0.450 e. The first-order chi connectivity index (χ1) is 11.0. The van der Waals surface area contributed by atoms with Gasteiger partial charge in [-0.2, -0.15) is 0 Å². The second-order valence-corrected chi connectivity index (χ2v) is 5.35. The largest absolute Gasteiger partial charge is 0.450 e. The fraction of sp³-hybridized carbons (Fsp3) is 0.467. The van der Waals surface area contributed by atoms with E-state index in [9.17, 15) is 9.59 Å². The number of nitrogens with one attached hydrogen (secondary N) is 2. The van der Waals surface area contributed by atoms with Gasteiger partial charge >= 0.3 is 6.09 Å². The molecule has 2 N–H and O–H groups in total. The maximum atomic E-state index is 12.3. The predicted molar refractivity (Wildman–Crippen MR) is 83.6 cm³/mol. The molecule has 8 nitrogen and oxygen atoms in total. The molecule has 1 atom stereocenters. The van der Waals surface area contributed by atoms with Crippen LogP contribution in [0.15, 0.2) is 24.4 Å². The van der Waals surface area contributed by atoms with E-state index in [1.54, 1.807) is 11.3 Å². The molecule has 23 heavy (non-hydrogen) atoms. The molecule has 0 saturated heterocycles. The highest BCUT2D eigenvalue weighted by Crippen LogP contribution is 2.05. The standard InChI is InChI=1S/C15H21N5O3/c1-4-23-15(22)17-13(10(2)3)14(21)16-9-12-19-18-11-7-5-6-8-20(11)12/h5-8,10,13H,4,9H2,1-3H3,(H,16,21)(H,17,22)/t13-/m1/s1. The van der Waals surface area contributed by atoms with Crippen LogP contribution in [0, 0.1) is 5.92 Å². The van der Waals surface area contributed by atoms with Gasteiger partial charge in [0, 0.05) is 6.20 Å². The summed E-state index contributed by atoms with van der Waals surface area (Å²) in [4.78, 5) is 23.8. The first kappa shape index (κ1) is 16.7. The first-order valence-electron chi connectivity index (χ1n) is 7.52. The Morgan fingerprint density at radius 1 is 1.30 bits per heavy atom. The summed E-state index contributed by atoms with van der Waals surface area (Å²) >= 11 is 0. The molecule has 0 radical (unpaired) electrons. The van der Waals surface area contributed by atoms with Gasteiger partial charge < -0.3 is 15.4 Å². The van der Waals surface area contributed by atoms with E-state index in [4.69, 9.17) is 4.74 Å². The van der Waals surface area contributed by atoms with Crippen LogP contribution in [-0.4, -0.2) is 39.2 Å². The average Bonchev–Trinajstić information content (AvgIpc) is 2.93. The molecule has 0 aromatic carbocycles. The van der Waals surface area contributed by atoms with Gasteiger partial charge in [-0.05, 0) is 25.0 Å². The van der Waals surface area contributed by atoms with E-state index in [2.05, 4.69) is 20.8 Å². The van der Waals surface area contributed by atoms with E-state index in [-0.39, 0.29) is 25.0 Å². The van der Waals surface area contributed by atoms with Crippen LogP contribution in [0.1, 0.15) is 26.6 Å². The third-order valence-electron chi connectivity index (χ3n) is 3.30. The van der Waals surface area contributed by atoms with Gasteiger partial charge in [0.1, 0.15) is 6.04 Å². The smallest absolute Gasteiger partial charge is 0.407 e. The van der Waals surface area contributed by atoms with Crippen molar-refractivity contribution in [3.8, 4) is 0 Å². The molecule has 0 aliphatic heterocycles. The third kappa shape index (κ3) is 4.18. The summed E-state index contributed by atoms with van der Waals surface area (Å²) in [5.41, 5.74) is 0.710. The lowest BCUT2D eigenvalue weighted by atomic mass is 10.0. The number of amides is 2. The lowest BCUT2D eigenvalue weighted by Gasteiger charge is -2.21. The third-order valence-corrected chi connectivity index (χ3v) is 3.30. The number of carbonyl (C=O) groups is 2. The van der Waals surface area contributed by atoms with Crippen LogP contribution in [0.25, 0.3) is 5.65 Å². The Morgan fingerprint density at radius 3 is 2.78 bits per heavy atom. The van der Waals surface area contributed by atoms with Crippen molar-refractivity contribution in [2.75, 3.05) is 6.61 Å². The quantitative estimate of drug-likeness (QED) is 0.831. The van der Waals surface area contributed by atoms with Gasteiger partial charge in [-0.25, -0.2) is 4.79 Å². The Kier molecular flexibility index (Phi) is 5.51. The lowest BCUT2D eigenvalue weighted by molar-refractivity contribution is -0.124. The van der Waals surface area contributed by atoms with Crippen molar-refractivity contribution in [3.63, 3.8) is 0 Å². The Labute approximate surface area is 134 Å². The monoisotopic (exact) mass is 319 g/mol. The summed E-state index contributed by atoms with van der Waals surface area (Å²) < 4.78 is 6.62. The number of fused-ring (bicyclic) bond motifs is 1. The number of rotatable bonds is 6. The van der Waals surface area contributed by atoms with Crippen LogP contribution in [0.3, 0.4) is 0 Å². The van der Waals surface area contributed by atoms with Crippen molar-refractivity contribution in [2.45, 2.75) is 33.4 Å². The van der Waals surface area contributed by atoms with Crippen LogP contribution >= 0.6 is 0 Å². The number of ether oxygens (including phenoxy) is 1. The highest BCUT2D eigenvalue weighted by molar-refractivity contribution is 5.85. The molecule has 8 heteroatoms. The van der Waals surface area contributed by atoms with Crippen LogP contribution in [0.5, 0.6) is 0 Å². The maximum Gasteiger partial charge on any atom is 0.407 e. The Balaban J connectivity index is 2.00. The van der Waals surface area contributed by atoms with Gasteiger partial charge in [0.15, 0.2) is 11.5 Å². The molecule has 0 bridgehead atoms. The second-order valence-electron chi connectivity index (χ2n) is 5.35. The molecule has 0 saturated carbocycles. The van der Waals surface area contributed by atoms with Crippen LogP contribution in [0.2, 0.25) is 0 Å². The number of carbonyl (C=O) groups excluding carboxylic acids is 2. The molecule has 0 aliphatic rings. The fourth-order valence-electron chi connectivity index (χ4n) is 2.12. The summed E-state index contributed by atoms with van der Waals surface area (Å²) in [6.45, 7) is 5.88. The zero-order chi connectivity index (χ0) is 16.8. The van der Waals surface area contributed by atoms with Gasteiger partial charge in [-0.1, -0.05) is 19.9 Å². The van der Waals surface area contributed by atoms with Gasteiger partial charge in [-0.3, -0.25) is 9.20 Å². The SMILES string of the molecule is CCOC(=O)N[C@@H](C(=O)NCc1nnc2ccccn12)C(C)C. The molecule has 124 valence electrons. The minimum absolute atomic E-state index is 0.0745. The topological polar surface area (TPSA) is 97.6 Å². The first-order valence-corrected chi connectivity index (χ1v) is 7.52. The number of nitrogens with zero attached hydrogens (tertiary/aromatic N) is 3. The van der Waals surface area contributed by atoms with Gasteiger partial charge in [-0.15, -0.1) is 10.2 Å². The summed E-state index contributed by atoms with van der Waals surface area (Å²) in [6, 6.07) is 4.89. The maximum absolute atomic E-state index is 12.3. The zero-order valence-electron chi connectivity index (χ0n) is 13.4. The summed E-state index contributed by atoms with van der Waals surface area (Å²) in [7, 11) is 0. The molecular formula is C15H21N5O3. The molecule has 0 fully saturated rings. The molecule has 2 aromatic heterocycles. The van der Waals surface area contributed by atoms with Crippen molar-refractivity contribution in [2.24, 2.45) is 5.92 Å². The van der Waals surface area contributed by atoms with E-state index in [0.717, 1.165) is 0 Å². The summed E-state index contributed by atoms with van der Waals surface area (Å²) in [5, 5.41) is 13.4. The molecule has 2 amide bonds. The van der Waals surface area contributed by atoms with Crippen LogP contribution in [0.4, 0.5) is 4.79 Å². The second kappa shape index (κ2) is 7.57. The normalized spacial score (nSPS) is 12.2. The van der Waals surface area contributed by atoms with E-state index >= 15 is 0 Å². The van der Waals surface area contributed by atoms with Crippen molar-refractivity contribution in [1.29, 1.82) is 0 Å². The molecule has 0 aliphatic carbocycles. The molecular weight excluding hydrogens is 298 g/mol. The van der Waals surface area contributed by atoms with Crippen molar-refractivity contribution in [1.82, 2.24) is 25.2 Å². The summed E-state index contributed by atoms with van der Waals surface area (Å²) in [5.74, 6) is 0.253. The van der Waals surface area contributed by atoms with E-state index in [1.165, 1.54) is 0 Å². The number of aromatic nitrogens is 3. The number of alkyl carbamates (subject to hydrolysis) is 1. The Bertz CT molecular complexity index is 683. The molecule has 2 heterocycles. The van der Waals surface area contributed by atoms with Crippen LogP contribution < -0.4 is 10.6 Å². The van der Waals surface area contributed by atoms with Gasteiger partial charge in [0.25, 0.3) is 0 Å². The van der Waals surface area contributed by atoms with Crippen LogP contribution in [-0.2, 0) is 16.1 Å². The number of hydrogen-bond donors (Lipinski definition) is 2. The number of hydrogen-bond acceptors (Lipinski definition) is 5. The minimum atomic E-state index is -0.673. The highest BCUT2D eigenvalue weighted by Gasteiger charge is 2.24. The highest BCUT2D eigenvalue weighted by atomic mass is 16.5. The lowest BCUT2D eigenvalue weighted by Crippen LogP contribution is -2.49. The van der Waals surface area contributed by atoms with Crippen molar-refractivity contribution >= 4 is 17.6 Å². The average molecular weight is 319 g/mol. The van der Waals surface area contributed by atoms with Gasteiger partial charge in [0.05, 0.1) is 13.2 Å². The molecule has 0 spiro atoms. The van der Waals surface area contributed by atoms with Crippen molar-refractivity contribution < 1.29 is 14.3 Å². The fourth-order valence-corrected chi connectivity index (χ4v) is 2.12. The number of pyridine rings is 1. The van der Waals surface area contributed by atoms with E-state index in [1.807, 2.05) is 38.2 Å². The Hall–Kier alpha value is -2.64. The molecule has 2 rings (SSSR count). The summed E-state index contributed by atoms with van der Waals surface area (Å²) in [6.07, 6.45) is 1.22. The predicted octanol–water partition coefficient (Wildman–Crippen LogP) is 1.12. The zero-order valence-corrected chi connectivity index (χ0v) is 13.4.